The molecule has 6 rings (SSSR count). The second-order valence-electron chi connectivity index (χ2n) is 8.86. The lowest BCUT2D eigenvalue weighted by molar-refractivity contribution is 0.340. The van der Waals surface area contributed by atoms with Crippen LogP contribution in [0.3, 0.4) is 0 Å². The quantitative estimate of drug-likeness (QED) is 0.403. The van der Waals surface area contributed by atoms with Crippen LogP contribution in [0, 0.1) is 0 Å². The van der Waals surface area contributed by atoms with Crippen molar-refractivity contribution in [2.75, 3.05) is 13.7 Å². The van der Waals surface area contributed by atoms with Gasteiger partial charge in [0.25, 0.3) is 5.56 Å². The molecule has 1 atom stereocenters. The Morgan fingerprint density at radius 2 is 1.81 bits per heavy atom. The fourth-order valence-corrected chi connectivity index (χ4v) is 6.17. The molecule has 6 heteroatoms. The van der Waals surface area contributed by atoms with Crippen LogP contribution in [0.25, 0.3) is 11.8 Å². The minimum Gasteiger partial charge on any atom is -0.496 e. The van der Waals surface area contributed by atoms with E-state index in [-0.39, 0.29) is 11.6 Å². The van der Waals surface area contributed by atoms with Crippen LogP contribution >= 0.6 is 11.3 Å². The van der Waals surface area contributed by atoms with Gasteiger partial charge in [-0.05, 0) is 60.7 Å². The summed E-state index contributed by atoms with van der Waals surface area (Å²) in [5.41, 5.74) is 6.51. The Morgan fingerprint density at radius 3 is 2.61 bits per heavy atom. The van der Waals surface area contributed by atoms with Gasteiger partial charge < -0.3 is 9.47 Å². The predicted octanol–water partition coefficient (Wildman–Crippen LogP) is 4.73. The van der Waals surface area contributed by atoms with Gasteiger partial charge in [-0.2, -0.15) is 0 Å². The van der Waals surface area contributed by atoms with Crippen molar-refractivity contribution >= 4 is 23.1 Å². The summed E-state index contributed by atoms with van der Waals surface area (Å²) in [4.78, 5) is 19.7. The van der Waals surface area contributed by atoms with Crippen molar-refractivity contribution in [1.29, 1.82) is 0 Å². The number of hydrogen-bond acceptors (Lipinski definition) is 5. The van der Waals surface area contributed by atoms with Gasteiger partial charge in [0.1, 0.15) is 11.5 Å². The van der Waals surface area contributed by atoms with Crippen LogP contribution < -0.4 is 24.4 Å². The standard InChI is InChI=1S/C30H26N2O3S/c1-3-35-21-15-12-19(13-16-21)18-26-29(33)32-28(23-10-6-7-11-25(23)34-2)24-17-14-20-8-4-5-9-22(20)27(24)31-30(32)36-26/h4-13,15-16,18,28H,3,14,17H2,1-2H3. The summed E-state index contributed by atoms with van der Waals surface area (Å²) in [5, 5.41) is 0. The summed E-state index contributed by atoms with van der Waals surface area (Å²) < 4.78 is 13.8. The summed E-state index contributed by atoms with van der Waals surface area (Å²) in [7, 11) is 1.68. The molecule has 0 saturated carbocycles. The van der Waals surface area contributed by atoms with Crippen LogP contribution in [-0.4, -0.2) is 18.3 Å². The Bertz CT molecular complexity index is 1660. The molecule has 3 aromatic carbocycles. The lowest BCUT2D eigenvalue weighted by atomic mass is 9.83. The van der Waals surface area contributed by atoms with Crippen LogP contribution in [0.4, 0.5) is 0 Å². The molecule has 0 bridgehead atoms. The first-order valence-electron chi connectivity index (χ1n) is 12.2. The molecule has 180 valence electrons. The SMILES string of the molecule is CCOc1ccc(C=c2sc3n(c2=O)C(c2ccccc2OC)C2=C(N=3)c3ccccc3CC2)cc1. The molecular weight excluding hydrogens is 468 g/mol. The second kappa shape index (κ2) is 9.28. The Labute approximate surface area is 213 Å². The summed E-state index contributed by atoms with van der Waals surface area (Å²) >= 11 is 1.44. The molecule has 0 fully saturated rings. The van der Waals surface area contributed by atoms with Crippen molar-refractivity contribution in [2.45, 2.75) is 25.8 Å². The molecule has 1 unspecified atom stereocenters. The third-order valence-corrected chi connectivity index (χ3v) is 7.78. The maximum absolute atomic E-state index is 13.9. The first-order valence-corrected chi connectivity index (χ1v) is 13.0. The highest BCUT2D eigenvalue weighted by Gasteiger charge is 2.33. The molecule has 1 aliphatic carbocycles. The zero-order valence-corrected chi connectivity index (χ0v) is 21.0. The Hall–Kier alpha value is -3.90. The molecular formula is C30H26N2O3S. The molecule has 0 amide bonds. The number of hydrogen-bond donors (Lipinski definition) is 0. The molecule has 4 aromatic rings. The Kier molecular flexibility index (Phi) is 5.82. The van der Waals surface area contributed by atoms with Gasteiger partial charge in [0, 0.05) is 11.1 Å². The molecule has 0 saturated heterocycles. The number of methoxy groups -OCH3 is 1. The smallest absolute Gasteiger partial charge is 0.271 e. The number of para-hydroxylation sites is 1. The van der Waals surface area contributed by atoms with E-state index in [9.17, 15) is 4.79 Å². The largest absolute Gasteiger partial charge is 0.496 e. The number of benzene rings is 3. The molecule has 5 nitrogen and oxygen atoms in total. The Balaban J connectivity index is 1.58. The zero-order valence-electron chi connectivity index (χ0n) is 20.2. The number of allylic oxidation sites excluding steroid dienone is 1. The number of nitrogens with zero attached hydrogens (tertiary/aromatic N) is 2. The zero-order chi connectivity index (χ0) is 24.6. The van der Waals surface area contributed by atoms with Gasteiger partial charge in [-0.25, -0.2) is 4.99 Å². The summed E-state index contributed by atoms with van der Waals surface area (Å²) in [6.45, 7) is 2.58. The normalized spacial score (nSPS) is 16.6. The van der Waals surface area contributed by atoms with Crippen molar-refractivity contribution in [3.05, 3.63) is 120 Å². The average molecular weight is 495 g/mol. The molecule has 2 heterocycles. The summed E-state index contributed by atoms with van der Waals surface area (Å²) in [6.07, 6.45) is 3.71. The van der Waals surface area contributed by atoms with Gasteiger partial charge in [-0.1, -0.05) is 65.9 Å². The predicted molar refractivity (Wildman–Crippen MR) is 143 cm³/mol. The van der Waals surface area contributed by atoms with E-state index in [1.165, 1.54) is 22.5 Å². The minimum absolute atomic E-state index is 0.0334. The summed E-state index contributed by atoms with van der Waals surface area (Å²) in [6, 6.07) is 24.0. The highest BCUT2D eigenvalue weighted by atomic mass is 32.1. The molecule has 1 aliphatic heterocycles. The van der Waals surface area contributed by atoms with Crippen LogP contribution in [0.2, 0.25) is 0 Å². The number of rotatable bonds is 5. The second-order valence-corrected chi connectivity index (χ2v) is 9.87. The van der Waals surface area contributed by atoms with Gasteiger partial charge in [0.2, 0.25) is 0 Å². The Morgan fingerprint density at radius 1 is 1.03 bits per heavy atom. The molecule has 0 N–H and O–H groups in total. The third-order valence-electron chi connectivity index (χ3n) is 6.80. The van der Waals surface area contributed by atoms with Crippen molar-refractivity contribution in [1.82, 2.24) is 4.57 Å². The van der Waals surface area contributed by atoms with E-state index in [2.05, 4.69) is 30.3 Å². The highest BCUT2D eigenvalue weighted by molar-refractivity contribution is 7.07. The lowest BCUT2D eigenvalue weighted by Gasteiger charge is -2.31. The maximum Gasteiger partial charge on any atom is 0.271 e. The fraction of sp³-hybridized carbons (Fsp3) is 0.200. The number of thiazole rings is 1. The molecule has 2 aliphatic rings. The van der Waals surface area contributed by atoms with Crippen molar-refractivity contribution in [2.24, 2.45) is 4.99 Å². The van der Waals surface area contributed by atoms with Crippen molar-refractivity contribution in [3.63, 3.8) is 0 Å². The van der Waals surface area contributed by atoms with Crippen LogP contribution in [-0.2, 0) is 6.42 Å². The van der Waals surface area contributed by atoms with Crippen molar-refractivity contribution < 1.29 is 9.47 Å². The van der Waals surface area contributed by atoms with E-state index in [0.717, 1.165) is 46.7 Å². The van der Waals surface area contributed by atoms with E-state index in [1.807, 2.05) is 60.0 Å². The molecule has 1 aromatic heterocycles. The third kappa shape index (κ3) is 3.78. The molecule has 0 radical (unpaired) electrons. The van der Waals surface area contributed by atoms with Gasteiger partial charge >= 0.3 is 0 Å². The van der Waals surface area contributed by atoms with Gasteiger partial charge in [-0.3, -0.25) is 9.36 Å². The average Bonchev–Trinajstić information content (AvgIpc) is 3.23. The van der Waals surface area contributed by atoms with Crippen LogP contribution in [0.5, 0.6) is 11.5 Å². The minimum atomic E-state index is -0.261. The molecule has 0 spiro atoms. The maximum atomic E-state index is 13.9. The van der Waals surface area contributed by atoms with E-state index in [1.54, 1.807) is 7.11 Å². The number of aryl methyl sites for hydroxylation is 1. The number of ether oxygens (including phenoxy) is 2. The lowest BCUT2D eigenvalue weighted by Crippen LogP contribution is -2.38. The highest BCUT2D eigenvalue weighted by Crippen LogP contribution is 2.43. The topological polar surface area (TPSA) is 52.8 Å². The van der Waals surface area contributed by atoms with Crippen LogP contribution in [0.15, 0.2) is 88.2 Å². The van der Waals surface area contributed by atoms with Gasteiger partial charge in [-0.15, -0.1) is 0 Å². The monoisotopic (exact) mass is 494 g/mol. The van der Waals surface area contributed by atoms with Crippen LogP contribution in [0.1, 0.15) is 41.6 Å². The van der Waals surface area contributed by atoms with Crippen molar-refractivity contribution in [3.8, 4) is 11.5 Å². The van der Waals surface area contributed by atoms with E-state index >= 15 is 0 Å². The molecule has 36 heavy (non-hydrogen) atoms. The van der Waals surface area contributed by atoms with E-state index < -0.39 is 0 Å². The number of fused-ring (bicyclic) bond motifs is 3. The first kappa shape index (κ1) is 22.6. The first-order chi connectivity index (χ1) is 17.7. The van der Waals surface area contributed by atoms with Gasteiger partial charge in [0.15, 0.2) is 4.80 Å². The van der Waals surface area contributed by atoms with Gasteiger partial charge in [0.05, 0.1) is 30.0 Å². The van der Waals surface area contributed by atoms with E-state index in [4.69, 9.17) is 14.5 Å². The fourth-order valence-electron chi connectivity index (χ4n) is 5.17. The number of aromatic nitrogens is 1. The van der Waals surface area contributed by atoms with E-state index in [0.29, 0.717) is 15.9 Å². The summed E-state index contributed by atoms with van der Waals surface area (Å²) in [5.74, 6) is 1.59.